The molecule has 3 heteroatoms. The van der Waals surface area contributed by atoms with Crippen LogP contribution in [0.5, 0.6) is 0 Å². The molecule has 2 aromatic rings. The minimum atomic E-state index is -0.906. The number of aliphatic hydroxyl groups is 1. The number of halogens is 1. The third kappa shape index (κ3) is 2.93. The number of nitrogen functional groups attached to an aromatic ring is 1. The van der Waals surface area contributed by atoms with Crippen molar-refractivity contribution in [3.63, 3.8) is 0 Å². The second-order valence-electron chi connectivity index (χ2n) is 5.00. The molecular weight excluding hydrogens is 241 g/mol. The van der Waals surface area contributed by atoms with Crippen LogP contribution in [-0.4, -0.2) is 5.11 Å². The van der Waals surface area contributed by atoms with Gasteiger partial charge in [-0.2, -0.15) is 0 Å². The van der Waals surface area contributed by atoms with Crippen LogP contribution < -0.4 is 5.73 Å². The Morgan fingerprint density at radius 1 is 1.00 bits per heavy atom. The second kappa shape index (κ2) is 5.41. The van der Waals surface area contributed by atoms with Crippen LogP contribution in [0, 0.1) is 5.82 Å². The first-order chi connectivity index (χ1) is 8.99. The van der Waals surface area contributed by atoms with Crippen molar-refractivity contribution < 1.29 is 9.50 Å². The fourth-order valence-corrected chi connectivity index (χ4v) is 2.03. The minimum Gasteiger partial charge on any atom is -0.398 e. The summed E-state index contributed by atoms with van der Waals surface area (Å²) in [5, 5.41) is 10.3. The summed E-state index contributed by atoms with van der Waals surface area (Å²) in [6.07, 6.45) is -0.906. The molecule has 0 saturated carbocycles. The third-order valence-corrected chi connectivity index (χ3v) is 3.26. The first-order valence-electron chi connectivity index (χ1n) is 6.32. The van der Waals surface area contributed by atoms with E-state index in [1.807, 2.05) is 24.3 Å². The molecule has 0 saturated heterocycles. The Hall–Kier alpha value is -1.87. The number of benzene rings is 2. The van der Waals surface area contributed by atoms with Crippen molar-refractivity contribution in [3.8, 4) is 0 Å². The smallest absolute Gasteiger partial charge is 0.123 e. The van der Waals surface area contributed by atoms with Gasteiger partial charge in [-0.15, -0.1) is 0 Å². The number of hydrogen-bond donors (Lipinski definition) is 2. The summed E-state index contributed by atoms with van der Waals surface area (Å²) < 4.78 is 13.2. The van der Waals surface area contributed by atoms with Gasteiger partial charge < -0.3 is 10.8 Å². The lowest BCUT2D eigenvalue weighted by atomic mass is 9.96. The summed E-state index contributed by atoms with van der Waals surface area (Å²) in [5.41, 5.74) is 8.48. The average molecular weight is 259 g/mol. The van der Waals surface area contributed by atoms with Gasteiger partial charge in [0.2, 0.25) is 0 Å². The Morgan fingerprint density at radius 3 is 2.16 bits per heavy atom. The van der Waals surface area contributed by atoms with E-state index in [1.165, 1.54) is 23.8 Å². The van der Waals surface area contributed by atoms with E-state index in [4.69, 9.17) is 5.73 Å². The monoisotopic (exact) mass is 259 g/mol. The molecule has 3 N–H and O–H groups in total. The van der Waals surface area contributed by atoms with Crippen LogP contribution >= 0.6 is 0 Å². The van der Waals surface area contributed by atoms with E-state index in [0.29, 0.717) is 22.7 Å². The van der Waals surface area contributed by atoms with Crippen LogP contribution in [-0.2, 0) is 0 Å². The first-order valence-corrected chi connectivity index (χ1v) is 6.32. The molecule has 0 spiro atoms. The molecule has 0 amide bonds. The van der Waals surface area contributed by atoms with Gasteiger partial charge in [0.1, 0.15) is 11.9 Å². The molecule has 2 nitrogen and oxygen atoms in total. The van der Waals surface area contributed by atoms with Crippen molar-refractivity contribution >= 4 is 5.69 Å². The maximum absolute atomic E-state index is 13.2. The van der Waals surface area contributed by atoms with E-state index < -0.39 is 11.9 Å². The van der Waals surface area contributed by atoms with Crippen molar-refractivity contribution in [1.29, 1.82) is 0 Å². The number of rotatable bonds is 3. The second-order valence-corrected chi connectivity index (χ2v) is 5.00. The maximum atomic E-state index is 13.2. The topological polar surface area (TPSA) is 46.2 Å². The van der Waals surface area contributed by atoms with Crippen LogP contribution in [0.1, 0.15) is 42.6 Å². The van der Waals surface area contributed by atoms with E-state index in [0.717, 1.165) is 0 Å². The van der Waals surface area contributed by atoms with E-state index in [1.54, 1.807) is 0 Å². The van der Waals surface area contributed by atoms with Crippen LogP contribution in [0.2, 0.25) is 0 Å². The van der Waals surface area contributed by atoms with Crippen LogP contribution in [0.15, 0.2) is 42.5 Å². The van der Waals surface area contributed by atoms with Gasteiger partial charge >= 0.3 is 0 Å². The van der Waals surface area contributed by atoms with Crippen LogP contribution in [0.3, 0.4) is 0 Å². The molecule has 1 atom stereocenters. The predicted molar refractivity (Wildman–Crippen MR) is 75.4 cm³/mol. The van der Waals surface area contributed by atoms with Crippen LogP contribution in [0.25, 0.3) is 0 Å². The van der Waals surface area contributed by atoms with Crippen molar-refractivity contribution in [2.24, 2.45) is 0 Å². The zero-order valence-corrected chi connectivity index (χ0v) is 11.1. The number of nitrogens with two attached hydrogens (primary N) is 1. The largest absolute Gasteiger partial charge is 0.398 e. The van der Waals surface area contributed by atoms with E-state index >= 15 is 0 Å². The Morgan fingerprint density at radius 2 is 1.58 bits per heavy atom. The highest BCUT2D eigenvalue weighted by atomic mass is 19.1. The quantitative estimate of drug-likeness (QED) is 0.827. The number of hydrogen-bond acceptors (Lipinski definition) is 2. The molecule has 0 aromatic heterocycles. The zero-order valence-electron chi connectivity index (χ0n) is 11.1. The molecule has 0 aliphatic heterocycles. The SMILES string of the molecule is CC(C)c1ccc(C(O)c2cc(F)ccc2N)cc1. The Labute approximate surface area is 112 Å². The van der Waals surface area contributed by atoms with Crippen molar-refractivity contribution in [1.82, 2.24) is 0 Å². The molecule has 0 bridgehead atoms. The predicted octanol–water partition coefficient (Wildman–Crippen LogP) is 3.61. The molecule has 0 heterocycles. The maximum Gasteiger partial charge on any atom is 0.123 e. The summed E-state index contributed by atoms with van der Waals surface area (Å²) in [7, 11) is 0. The van der Waals surface area contributed by atoms with Crippen LogP contribution in [0.4, 0.5) is 10.1 Å². The lowest BCUT2D eigenvalue weighted by Crippen LogP contribution is -2.04. The molecule has 100 valence electrons. The van der Waals surface area contributed by atoms with Crippen molar-refractivity contribution in [2.75, 3.05) is 5.73 Å². The van der Waals surface area contributed by atoms with Gasteiger partial charge in [-0.05, 0) is 35.2 Å². The molecule has 1 unspecified atom stereocenters. The lowest BCUT2D eigenvalue weighted by Gasteiger charge is -2.15. The third-order valence-electron chi connectivity index (χ3n) is 3.26. The summed E-state index contributed by atoms with van der Waals surface area (Å²) in [4.78, 5) is 0. The lowest BCUT2D eigenvalue weighted by molar-refractivity contribution is 0.220. The van der Waals surface area contributed by atoms with Gasteiger partial charge in [-0.25, -0.2) is 4.39 Å². The molecule has 0 radical (unpaired) electrons. The van der Waals surface area contributed by atoms with Crippen molar-refractivity contribution in [3.05, 3.63) is 65.0 Å². The average Bonchev–Trinajstić information content (AvgIpc) is 2.41. The Kier molecular flexibility index (Phi) is 3.86. The summed E-state index contributed by atoms with van der Waals surface area (Å²) >= 11 is 0. The van der Waals surface area contributed by atoms with Gasteiger partial charge in [-0.1, -0.05) is 38.1 Å². The highest BCUT2D eigenvalue weighted by molar-refractivity contribution is 5.50. The normalized spacial score (nSPS) is 12.7. The highest BCUT2D eigenvalue weighted by Crippen LogP contribution is 2.28. The summed E-state index contributed by atoms with van der Waals surface area (Å²) in [6, 6.07) is 11.7. The molecular formula is C16H18FNO. The summed E-state index contributed by atoms with van der Waals surface area (Å²) in [5.74, 6) is 0.0347. The standard InChI is InChI=1S/C16H18FNO/c1-10(2)11-3-5-12(6-4-11)16(19)14-9-13(17)7-8-15(14)18/h3-10,16,19H,18H2,1-2H3. The van der Waals surface area contributed by atoms with Gasteiger partial charge in [0.25, 0.3) is 0 Å². The van der Waals surface area contributed by atoms with Gasteiger partial charge in [0, 0.05) is 11.3 Å². The minimum absolute atomic E-state index is 0.391. The fourth-order valence-electron chi connectivity index (χ4n) is 2.03. The number of aliphatic hydroxyl groups excluding tert-OH is 1. The zero-order chi connectivity index (χ0) is 14.0. The fraction of sp³-hybridized carbons (Fsp3) is 0.250. The highest BCUT2D eigenvalue weighted by Gasteiger charge is 2.14. The molecule has 2 rings (SSSR count). The van der Waals surface area contributed by atoms with Crippen molar-refractivity contribution in [2.45, 2.75) is 25.9 Å². The molecule has 2 aromatic carbocycles. The molecule has 0 aliphatic carbocycles. The van der Waals surface area contributed by atoms with Gasteiger partial charge in [0.05, 0.1) is 0 Å². The Balaban J connectivity index is 2.33. The molecule has 0 fully saturated rings. The van der Waals surface area contributed by atoms with E-state index in [-0.39, 0.29) is 0 Å². The molecule has 19 heavy (non-hydrogen) atoms. The number of anilines is 1. The van der Waals surface area contributed by atoms with E-state index in [9.17, 15) is 9.50 Å². The first kappa shape index (κ1) is 13.6. The Bertz CT molecular complexity index is 563. The molecule has 0 aliphatic rings. The van der Waals surface area contributed by atoms with E-state index in [2.05, 4.69) is 13.8 Å². The van der Waals surface area contributed by atoms with Gasteiger partial charge in [-0.3, -0.25) is 0 Å². The van der Waals surface area contributed by atoms with Gasteiger partial charge in [0.15, 0.2) is 0 Å². The summed E-state index contributed by atoms with van der Waals surface area (Å²) in [6.45, 7) is 4.21.